The van der Waals surface area contributed by atoms with Crippen molar-refractivity contribution in [3.05, 3.63) is 88.5 Å². The summed E-state index contributed by atoms with van der Waals surface area (Å²) in [5.41, 5.74) is 4.86. The van der Waals surface area contributed by atoms with Crippen LogP contribution in [0.1, 0.15) is 56.4 Å². The number of hydrogen-bond acceptors (Lipinski definition) is 4. The van der Waals surface area contributed by atoms with Gasteiger partial charge in [0.1, 0.15) is 5.75 Å². The van der Waals surface area contributed by atoms with Crippen molar-refractivity contribution in [2.24, 2.45) is 0 Å². The number of aryl methyl sites for hydroxylation is 2. The van der Waals surface area contributed by atoms with E-state index in [2.05, 4.69) is 5.32 Å². The number of nitrogens with one attached hydrogen (secondary N) is 1. The van der Waals surface area contributed by atoms with Crippen LogP contribution in [0.15, 0.2) is 60.7 Å². The van der Waals surface area contributed by atoms with Gasteiger partial charge in [0.25, 0.3) is 11.8 Å². The molecule has 0 fully saturated rings. The zero-order chi connectivity index (χ0) is 23.5. The Morgan fingerprint density at radius 2 is 1.79 bits per heavy atom. The zero-order valence-electron chi connectivity index (χ0n) is 19.1. The predicted octanol–water partition coefficient (Wildman–Crippen LogP) is 5.04. The van der Waals surface area contributed by atoms with Gasteiger partial charge in [0.2, 0.25) is 0 Å². The summed E-state index contributed by atoms with van der Waals surface area (Å²) in [5.74, 6) is 0.327. The quantitative estimate of drug-likeness (QED) is 0.591. The third kappa shape index (κ3) is 4.61. The van der Waals surface area contributed by atoms with Gasteiger partial charge in [0.15, 0.2) is 0 Å². The molecular formula is C27H28N2O4. The summed E-state index contributed by atoms with van der Waals surface area (Å²) in [6.07, 6.45) is 0.619. The van der Waals surface area contributed by atoms with Crippen LogP contribution in [0.3, 0.4) is 0 Å². The molecule has 1 aliphatic rings. The van der Waals surface area contributed by atoms with Crippen molar-refractivity contribution in [1.82, 2.24) is 0 Å². The maximum atomic E-state index is 13.5. The molecule has 2 N–H and O–H groups in total. The van der Waals surface area contributed by atoms with Crippen molar-refractivity contribution in [3.8, 4) is 5.75 Å². The first kappa shape index (κ1) is 22.6. The molecule has 1 heterocycles. The molecule has 4 rings (SSSR count). The van der Waals surface area contributed by atoms with E-state index in [4.69, 9.17) is 4.74 Å². The van der Waals surface area contributed by atoms with Crippen molar-refractivity contribution in [1.29, 1.82) is 0 Å². The molecular weight excluding hydrogens is 416 g/mol. The average molecular weight is 445 g/mol. The van der Waals surface area contributed by atoms with E-state index in [1.54, 1.807) is 42.3 Å². The van der Waals surface area contributed by atoms with E-state index >= 15 is 0 Å². The van der Waals surface area contributed by atoms with Gasteiger partial charge in [-0.3, -0.25) is 9.59 Å². The minimum atomic E-state index is -0.645. The molecule has 0 bridgehead atoms. The molecule has 0 aromatic heterocycles. The van der Waals surface area contributed by atoms with Crippen molar-refractivity contribution in [3.63, 3.8) is 0 Å². The predicted molar refractivity (Wildman–Crippen MR) is 129 cm³/mol. The first-order chi connectivity index (χ1) is 15.9. The summed E-state index contributed by atoms with van der Waals surface area (Å²) < 4.78 is 5.30. The first-order valence-corrected chi connectivity index (χ1v) is 11.0. The summed E-state index contributed by atoms with van der Waals surface area (Å²) in [5, 5.41) is 13.5. The largest absolute Gasteiger partial charge is 0.497 e. The highest BCUT2D eigenvalue weighted by atomic mass is 16.5. The van der Waals surface area contributed by atoms with E-state index < -0.39 is 6.10 Å². The van der Waals surface area contributed by atoms with Crippen molar-refractivity contribution in [2.45, 2.75) is 32.8 Å². The molecule has 3 aromatic rings. The van der Waals surface area contributed by atoms with E-state index in [0.29, 0.717) is 53.2 Å². The van der Waals surface area contributed by atoms with Crippen LogP contribution in [-0.2, 0) is 0 Å². The molecule has 3 aromatic carbocycles. The molecule has 1 aliphatic heterocycles. The van der Waals surface area contributed by atoms with Crippen LogP contribution in [0, 0.1) is 13.8 Å². The molecule has 0 spiro atoms. The van der Waals surface area contributed by atoms with Gasteiger partial charge in [-0.1, -0.05) is 18.2 Å². The Labute approximate surface area is 193 Å². The van der Waals surface area contributed by atoms with E-state index in [-0.39, 0.29) is 11.8 Å². The highest BCUT2D eigenvalue weighted by Crippen LogP contribution is 2.36. The van der Waals surface area contributed by atoms with Crippen LogP contribution < -0.4 is 15.0 Å². The lowest BCUT2D eigenvalue weighted by atomic mass is 10.0. The Hall–Kier alpha value is -3.64. The second-order valence-corrected chi connectivity index (χ2v) is 8.34. The van der Waals surface area contributed by atoms with Crippen molar-refractivity contribution < 1.29 is 19.4 Å². The van der Waals surface area contributed by atoms with Gasteiger partial charge in [-0.05, 0) is 80.3 Å². The molecule has 2 amide bonds. The molecule has 0 saturated heterocycles. The summed E-state index contributed by atoms with van der Waals surface area (Å²) in [6.45, 7) is 4.27. The Morgan fingerprint density at radius 1 is 1.00 bits per heavy atom. The summed E-state index contributed by atoms with van der Waals surface area (Å²) in [4.78, 5) is 27.9. The molecule has 0 aliphatic carbocycles. The van der Waals surface area contributed by atoms with Gasteiger partial charge in [0.05, 0.1) is 18.9 Å². The van der Waals surface area contributed by atoms with Gasteiger partial charge in [-0.15, -0.1) is 0 Å². The van der Waals surface area contributed by atoms with Gasteiger partial charge in [-0.2, -0.15) is 0 Å². The Bertz CT molecular complexity index is 1200. The number of carbonyl (C=O) groups is 2. The lowest BCUT2D eigenvalue weighted by Crippen LogP contribution is -2.32. The van der Waals surface area contributed by atoms with E-state index in [1.165, 1.54) is 0 Å². The van der Waals surface area contributed by atoms with Crippen LogP contribution in [0.4, 0.5) is 11.4 Å². The van der Waals surface area contributed by atoms with Gasteiger partial charge in [0, 0.05) is 28.9 Å². The number of hydrogen-bond donors (Lipinski definition) is 2. The minimum absolute atomic E-state index is 0.134. The molecule has 6 heteroatoms. The smallest absolute Gasteiger partial charge is 0.258 e. The molecule has 1 atom stereocenters. The number of ether oxygens (including phenoxy) is 1. The number of anilines is 2. The number of nitrogens with zero attached hydrogens (tertiary/aromatic N) is 1. The van der Waals surface area contributed by atoms with E-state index in [9.17, 15) is 14.7 Å². The third-order valence-electron chi connectivity index (χ3n) is 6.09. The van der Waals surface area contributed by atoms with Crippen molar-refractivity contribution in [2.75, 3.05) is 23.9 Å². The van der Waals surface area contributed by atoms with Crippen LogP contribution in [0.2, 0.25) is 0 Å². The number of benzene rings is 3. The minimum Gasteiger partial charge on any atom is -0.497 e. The fourth-order valence-corrected chi connectivity index (χ4v) is 4.25. The van der Waals surface area contributed by atoms with Crippen LogP contribution in [0.25, 0.3) is 0 Å². The Kier molecular flexibility index (Phi) is 6.47. The molecule has 33 heavy (non-hydrogen) atoms. The van der Waals surface area contributed by atoms with Crippen molar-refractivity contribution >= 4 is 23.2 Å². The highest BCUT2D eigenvalue weighted by Gasteiger charge is 2.27. The van der Waals surface area contributed by atoms with Crippen LogP contribution in [-0.4, -0.2) is 30.6 Å². The standard InChI is InChI=1S/C27H28N2O4/c1-17-7-4-5-8-21(17)26(31)28-19-10-12-22(18(2)15-19)27(32)29-14-6-9-25(30)23-16-20(33-3)11-13-24(23)29/h4-5,7-8,10-13,15-16,25,30H,6,9,14H2,1-3H3,(H,28,31). The van der Waals surface area contributed by atoms with Gasteiger partial charge in [-0.25, -0.2) is 0 Å². The average Bonchev–Trinajstić information content (AvgIpc) is 2.97. The Morgan fingerprint density at radius 3 is 2.52 bits per heavy atom. The lowest BCUT2D eigenvalue weighted by molar-refractivity contribution is 0.0985. The normalized spacial score (nSPS) is 15.4. The van der Waals surface area contributed by atoms with Crippen LogP contribution >= 0.6 is 0 Å². The molecule has 1 unspecified atom stereocenters. The molecule has 6 nitrogen and oxygen atoms in total. The molecule has 0 radical (unpaired) electrons. The van der Waals surface area contributed by atoms with E-state index in [1.807, 2.05) is 44.2 Å². The summed E-state index contributed by atoms with van der Waals surface area (Å²) >= 11 is 0. The number of fused-ring (bicyclic) bond motifs is 1. The number of amides is 2. The van der Waals surface area contributed by atoms with Crippen LogP contribution in [0.5, 0.6) is 5.75 Å². The van der Waals surface area contributed by atoms with Gasteiger partial charge >= 0.3 is 0 Å². The third-order valence-corrected chi connectivity index (χ3v) is 6.09. The second kappa shape index (κ2) is 9.46. The highest BCUT2D eigenvalue weighted by molar-refractivity contribution is 6.09. The molecule has 0 saturated carbocycles. The fourth-order valence-electron chi connectivity index (χ4n) is 4.25. The van der Waals surface area contributed by atoms with Gasteiger partial charge < -0.3 is 20.1 Å². The Balaban J connectivity index is 1.60. The number of carbonyl (C=O) groups excluding carboxylic acids is 2. The first-order valence-electron chi connectivity index (χ1n) is 11.0. The monoisotopic (exact) mass is 444 g/mol. The maximum Gasteiger partial charge on any atom is 0.258 e. The summed E-state index contributed by atoms with van der Waals surface area (Å²) in [6, 6.07) is 18.1. The SMILES string of the molecule is COc1ccc2c(c1)C(O)CCCN2C(=O)c1ccc(NC(=O)c2ccccc2C)cc1C. The topological polar surface area (TPSA) is 78.9 Å². The number of rotatable bonds is 4. The number of aliphatic hydroxyl groups excluding tert-OH is 1. The summed E-state index contributed by atoms with van der Waals surface area (Å²) in [7, 11) is 1.58. The number of aliphatic hydroxyl groups is 1. The second-order valence-electron chi connectivity index (χ2n) is 8.34. The molecule has 170 valence electrons. The van der Waals surface area contributed by atoms with E-state index in [0.717, 1.165) is 11.1 Å². The lowest BCUT2D eigenvalue weighted by Gasteiger charge is -2.24. The fraction of sp³-hybridized carbons (Fsp3) is 0.259. The zero-order valence-corrected chi connectivity index (χ0v) is 19.1. The number of methoxy groups -OCH3 is 1. The maximum absolute atomic E-state index is 13.5.